The van der Waals surface area contributed by atoms with E-state index >= 15 is 0 Å². The molecule has 0 saturated heterocycles. The molecule has 2 fully saturated rings. The number of Topliss-reactive ketones (excluding diaryl/α,β-unsaturated/α-hetero) is 1. The minimum Gasteiger partial charge on any atom is -0.390 e. The van der Waals surface area contributed by atoms with Crippen molar-refractivity contribution in [1.82, 2.24) is 0 Å². The molecule has 0 aromatic heterocycles. The van der Waals surface area contributed by atoms with Crippen molar-refractivity contribution < 1.29 is 9.90 Å². The van der Waals surface area contributed by atoms with E-state index in [1.807, 2.05) is 13.8 Å². The van der Waals surface area contributed by atoms with Crippen molar-refractivity contribution in [2.24, 2.45) is 29.1 Å². The van der Waals surface area contributed by atoms with Gasteiger partial charge in [0, 0.05) is 18.3 Å². The van der Waals surface area contributed by atoms with Crippen LogP contribution in [-0.2, 0) is 4.79 Å². The highest BCUT2D eigenvalue weighted by molar-refractivity contribution is 5.83. The Kier molecular flexibility index (Phi) is 4.68. The molecular formula is C19H32O2. The van der Waals surface area contributed by atoms with Gasteiger partial charge >= 0.3 is 0 Å². The van der Waals surface area contributed by atoms with Gasteiger partial charge in [0.05, 0.1) is 5.60 Å². The molecular weight excluding hydrogens is 260 g/mol. The monoisotopic (exact) mass is 292 g/mol. The third-order valence-electron chi connectivity index (χ3n) is 6.39. The number of ketones is 1. The Hall–Kier alpha value is -0.630. The predicted octanol–water partition coefficient (Wildman–Crippen LogP) is 4.37. The van der Waals surface area contributed by atoms with E-state index in [4.69, 9.17) is 0 Å². The van der Waals surface area contributed by atoms with Crippen molar-refractivity contribution in [3.63, 3.8) is 0 Å². The summed E-state index contributed by atoms with van der Waals surface area (Å²) in [5.41, 5.74) is -0.462. The van der Waals surface area contributed by atoms with Crippen LogP contribution in [0, 0.1) is 29.1 Å². The van der Waals surface area contributed by atoms with Crippen molar-refractivity contribution in [1.29, 1.82) is 0 Å². The zero-order valence-corrected chi connectivity index (χ0v) is 14.4. The van der Waals surface area contributed by atoms with Gasteiger partial charge < -0.3 is 5.11 Å². The summed E-state index contributed by atoms with van der Waals surface area (Å²) in [7, 11) is 0. The average molecular weight is 292 g/mol. The molecule has 0 aromatic rings. The molecule has 2 aliphatic carbocycles. The van der Waals surface area contributed by atoms with E-state index in [0.29, 0.717) is 23.5 Å². The van der Waals surface area contributed by atoms with E-state index in [9.17, 15) is 9.90 Å². The fraction of sp³-hybridized carbons (Fsp3) is 0.842. The number of hydrogen-bond acceptors (Lipinski definition) is 2. The van der Waals surface area contributed by atoms with E-state index in [-0.39, 0.29) is 11.3 Å². The van der Waals surface area contributed by atoms with E-state index < -0.39 is 5.60 Å². The molecule has 5 atom stereocenters. The fourth-order valence-corrected chi connectivity index (χ4v) is 4.55. The number of carbonyl (C=O) groups is 1. The van der Waals surface area contributed by atoms with Gasteiger partial charge in [-0.15, -0.1) is 0 Å². The maximum Gasteiger partial charge on any atom is 0.136 e. The molecule has 2 saturated carbocycles. The van der Waals surface area contributed by atoms with Crippen LogP contribution in [0.4, 0.5) is 0 Å². The van der Waals surface area contributed by atoms with E-state index in [2.05, 4.69) is 32.9 Å². The zero-order valence-electron chi connectivity index (χ0n) is 14.4. The van der Waals surface area contributed by atoms with Gasteiger partial charge in [-0.1, -0.05) is 32.9 Å². The van der Waals surface area contributed by atoms with Crippen molar-refractivity contribution in [3.05, 3.63) is 12.2 Å². The smallest absolute Gasteiger partial charge is 0.136 e. The van der Waals surface area contributed by atoms with Crippen LogP contribution >= 0.6 is 0 Å². The lowest BCUT2D eigenvalue weighted by Gasteiger charge is -2.41. The van der Waals surface area contributed by atoms with E-state index in [1.54, 1.807) is 0 Å². The third kappa shape index (κ3) is 3.26. The molecule has 120 valence electrons. The van der Waals surface area contributed by atoms with Crippen LogP contribution in [0.2, 0.25) is 0 Å². The standard InChI is InChI=1S/C19H32O2/c1-13(8-9-14(2)18(3,4)21)15-10-11-16-17(20)7-6-12-19(15,16)5/h8-9,13-16,21H,6-7,10-12H2,1-5H3/b9-8-/t13-,14+,15-,16+,19-/m1/s1. The summed E-state index contributed by atoms with van der Waals surface area (Å²) < 4.78 is 0. The van der Waals surface area contributed by atoms with Gasteiger partial charge in [0.1, 0.15) is 5.78 Å². The molecule has 0 bridgehead atoms. The maximum absolute atomic E-state index is 12.2. The maximum atomic E-state index is 12.2. The van der Waals surface area contributed by atoms with E-state index in [0.717, 1.165) is 19.3 Å². The first-order valence-electron chi connectivity index (χ1n) is 8.59. The minimum atomic E-state index is -0.668. The summed E-state index contributed by atoms with van der Waals surface area (Å²) in [5.74, 6) is 2.05. The Balaban J connectivity index is 2.08. The van der Waals surface area contributed by atoms with Crippen LogP contribution in [0.1, 0.15) is 66.7 Å². The summed E-state index contributed by atoms with van der Waals surface area (Å²) >= 11 is 0. The highest BCUT2D eigenvalue weighted by Crippen LogP contribution is 2.56. The molecule has 0 radical (unpaired) electrons. The van der Waals surface area contributed by atoms with Crippen LogP contribution in [0.5, 0.6) is 0 Å². The minimum absolute atomic E-state index is 0.151. The lowest BCUT2D eigenvalue weighted by molar-refractivity contribution is -0.129. The first-order chi connectivity index (χ1) is 9.66. The first kappa shape index (κ1) is 16.7. The molecule has 1 N–H and O–H groups in total. The van der Waals surface area contributed by atoms with Gasteiger partial charge in [-0.2, -0.15) is 0 Å². The topological polar surface area (TPSA) is 37.3 Å². The van der Waals surface area contributed by atoms with Crippen LogP contribution in [-0.4, -0.2) is 16.5 Å². The summed E-state index contributed by atoms with van der Waals surface area (Å²) in [4.78, 5) is 12.2. The van der Waals surface area contributed by atoms with Crippen molar-refractivity contribution in [2.45, 2.75) is 72.3 Å². The fourth-order valence-electron chi connectivity index (χ4n) is 4.55. The Morgan fingerprint density at radius 3 is 2.57 bits per heavy atom. The van der Waals surface area contributed by atoms with Crippen molar-refractivity contribution >= 4 is 5.78 Å². The second-order valence-corrected chi connectivity index (χ2v) is 8.25. The molecule has 2 heteroatoms. The van der Waals surface area contributed by atoms with Crippen LogP contribution < -0.4 is 0 Å². The molecule has 0 unspecified atom stereocenters. The summed E-state index contributed by atoms with van der Waals surface area (Å²) in [6, 6.07) is 0. The molecule has 21 heavy (non-hydrogen) atoms. The van der Waals surface area contributed by atoms with Crippen LogP contribution in [0.3, 0.4) is 0 Å². The lowest BCUT2D eigenvalue weighted by atomic mass is 9.62. The van der Waals surface area contributed by atoms with Crippen LogP contribution in [0.15, 0.2) is 12.2 Å². The third-order valence-corrected chi connectivity index (χ3v) is 6.39. The van der Waals surface area contributed by atoms with Gasteiger partial charge in [0.2, 0.25) is 0 Å². The van der Waals surface area contributed by atoms with Crippen LogP contribution in [0.25, 0.3) is 0 Å². The highest BCUT2D eigenvalue weighted by atomic mass is 16.3. The largest absolute Gasteiger partial charge is 0.390 e. The summed E-state index contributed by atoms with van der Waals surface area (Å²) in [5, 5.41) is 10.0. The molecule has 0 heterocycles. The first-order valence-corrected chi connectivity index (χ1v) is 8.59. The second kappa shape index (κ2) is 5.87. The predicted molar refractivity (Wildman–Crippen MR) is 86.9 cm³/mol. The second-order valence-electron chi connectivity index (χ2n) is 8.25. The molecule has 0 spiro atoms. The SMILES string of the molecule is C[C@H](/C=C\[C@H](C)C(C)(C)O)[C@H]1CC[C@H]2C(=O)CCC[C@]12C. The number of hydrogen-bond donors (Lipinski definition) is 1. The van der Waals surface area contributed by atoms with Gasteiger partial charge in [-0.3, -0.25) is 4.79 Å². The normalized spacial score (nSPS) is 36.8. The number of allylic oxidation sites excluding steroid dienone is 1. The Morgan fingerprint density at radius 2 is 1.95 bits per heavy atom. The Morgan fingerprint density at radius 1 is 1.29 bits per heavy atom. The Labute approximate surface area is 130 Å². The van der Waals surface area contributed by atoms with Gasteiger partial charge in [-0.25, -0.2) is 0 Å². The van der Waals surface area contributed by atoms with Gasteiger partial charge in [0.25, 0.3) is 0 Å². The van der Waals surface area contributed by atoms with Gasteiger partial charge in [-0.05, 0) is 56.8 Å². The van der Waals surface area contributed by atoms with Crippen molar-refractivity contribution in [3.8, 4) is 0 Å². The average Bonchev–Trinajstić information content (AvgIpc) is 2.73. The summed E-state index contributed by atoms with van der Waals surface area (Å²) in [6.45, 7) is 10.4. The van der Waals surface area contributed by atoms with Crippen molar-refractivity contribution in [2.75, 3.05) is 0 Å². The molecule has 0 aliphatic heterocycles. The zero-order chi connectivity index (χ0) is 15.8. The molecule has 0 amide bonds. The molecule has 2 rings (SSSR count). The lowest BCUT2D eigenvalue weighted by Crippen LogP contribution is -2.39. The summed E-state index contributed by atoms with van der Waals surface area (Å²) in [6.07, 6.45) is 9.76. The number of aliphatic hydroxyl groups is 1. The number of carbonyl (C=O) groups excluding carboxylic acids is 1. The number of rotatable bonds is 4. The Bertz CT molecular complexity index is 418. The molecule has 0 aromatic carbocycles. The highest BCUT2D eigenvalue weighted by Gasteiger charge is 2.51. The van der Waals surface area contributed by atoms with E-state index in [1.165, 1.54) is 12.8 Å². The molecule has 2 nitrogen and oxygen atoms in total. The van der Waals surface area contributed by atoms with Gasteiger partial charge in [0.15, 0.2) is 0 Å². The number of fused-ring (bicyclic) bond motifs is 1. The quantitative estimate of drug-likeness (QED) is 0.781. The molecule has 2 aliphatic rings.